The Kier molecular flexibility index (Phi) is 5.09. The molecule has 0 aliphatic rings. The summed E-state index contributed by atoms with van der Waals surface area (Å²) in [5.41, 5.74) is 17.6. The minimum atomic E-state index is 0.638. The molecule has 0 fully saturated rings. The molecule has 0 amide bonds. The summed E-state index contributed by atoms with van der Waals surface area (Å²) in [6, 6.07) is 23.4. The molecule has 0 unspecified atom stereocenters. The molecule has 3 heterocycles. The first-order valence-electron chi connectivity index (χ1n) is 10.2. The first-order valence-corrected chi connectivity index (χ1v) is 10.2. The van der Waals surface area contributed by atoms with E-state index in [0.29, 0.717) is 12.1 Å². The average Bonchev–Trinajstić information content (AvgIpc) is 3.32. The highest BCUT2D eigenvalue weighted by atomic mass is 16.3. The first-order chi connectivity index (χ1) is 15.7. The van der Waals surface area contributed by atoms with Gasteiger partial charge < -0.3 is 15.9 Å². The van der Waals surface area contributed by atoms with Crippen molar-refractivity contribution in [3.05, 3.63) is 103 Å². The third-order valence-electron chi connectivity index (χ3n) is 5.28. The van der Waals surface area contributed by atoms with Gasteiger partial charge in [-0.3, -0.25) is 0 Å². The quantitative estimate of drug-likeness (QED) is 0.289. The van der Waals surface area contributed by atoms with E-state index in [4.69, 9.17) is 20.9 Å². The predicted octanol–water partition coefficient (Wildman–Crippen LogP) is 5.37. The second-order valence-corrected chi connectivity index (χ2v) is 7.45. The number of pyridine rings is 1. The van der Waals surface area contributed by atoms with Gasteiger partial charge in [0.15, 0.2) is 0 Å². The van der Waals surface area contributed by atoms with Crippen LogP contribution in [0, 0.1) is 0 Å². The van der Waals surface area contributed by atoms with Gasteiger partial charge >= 0.3 is 0 Å². The Morgan fingerprint density at radius 2 is 1.62 bits per heavy atom. The normalized spacial score (nSPS) is 10.9. The SMILES string of the molecule is Nc1cc(Cc2ccco2)c2c(N)c3ccccc3nc2c1.c1ccc2ncncc2c1. The molecule has 6 rings (SSSR count). The van der Waals surface area contributed by atoms with Crippen LogP contribution < -0.4 is 11.5 Å². The Morgan fingerprint density at radius 1 is 0.812 bits per heavy atom. The van der Waals surface area contributed by atoms with Crippen LogP contribution in [0.4, 0.5) is 11.4 Å². The Balaban J connectivity index is 0.000000180. The van der Waals surface area contributed by atoms with Gasteiger partial charge in [0.2, 0.25) is 0 Å². The van der Waals surface area contributed by atoms with Crippen molar-refractivity contribution in [1.82, 2.24) is 15.0 Å². The van der Waals surface area contributed by atoms with E-state index in [9.17, 15) is 0 Å². The molecule has 0 saturated heterocycles. The van der Waals surface area contributed by atoms with E-state index in [2.05, 4.69) is 9.97 Å². The van der Waals surface area contributed by atoms with Crippen molar-refractivity contribution < 1.29 is 4.42 Å². The summed E-state index contributed by atoms with van der Waals surface area (Å²) in [4.78, 5) is 12.7. The number of nitrogens with two attached hydrogens (primary N) is 2. The number of nitrogens with zero attached hydrogens (tertiary/aromatic N) is 3. The van der Waals surface area contributed by atoms with E-state index >= 15 is 0 Å². The molecule has 0 atom stereocenters. The number of rotatable bonds is 2. The van der Waals surface area contributed by atoms with Crippen molar-refractivity contribution in [3.63, 3.8) is 0 Å². The Hall–Kier alpha value is -4.45. The fourth-order valence-electron chi connectivity index (χ4n) is 3.84. The fraction of sp³-hybridized carbons (Fsp3) is 0.0385. The molecule has 6 heteroatoms. The number of anilines is 2. The number of para-hydroxylation sites is 2. The Labute approximate surface area is 184 Å². The lowest BCUT2D eigenvalue weighted by Gasteiger charge is -2.12. The monoisotopic (exact) mass is 419 g/mol. The zero-order chi connectivity index (χ0) is 21.9. The maximum absolute atomic E-state index is 6.42. The van der Waals surface area contributed by atoms with Crippen LogP contribution in [0.5, 0.6) is 0 Å². The average molecular weight is 419 g/mol. The highest BCUT2D eigenvalue weighted by molar-refractivity contribution is 6.08. The molecule has 0 bridgehead atoms. The molecule has 0 aliphatic carbocycles. The summed E-state index contributed by atoms with van der Waals surface area (Å²) < 4.78 is 5.45. The van der Waals surface area contributed by atoms with Gasteiger partial charge in [-0.2, -0.15) is 0 Å². The second kappa shape index (κ2) is 8.35. The van der Waals surface area contributed by atoms with Crippen LogP contribution in [0.1, 0.15) is 11.3 Å². The number of hydrogen-bond donors (Lipinski definition) is 2. The van der Waals surface area contributed by atoms with Crippen molar-refractivity contribution in [1.29, 1.82) is 0 Å². The molecule has 0 radical (unpaired) electrons. The van der Waals surface area contributed by atoms with Crippen LogP contribution in [0.2, 0.25) is 0 Å². The summed E-state index contributed by atoms with van der Waals surface area (Å²) in [6.07, 6.45) is 5.67. The third kappa shape index (κ3) is 3.81. The van der Waals surface area contributed by atoms with Crippen LogP contribution in [0.3, 0.4) is 0 Å². The molecule has 4 N–H and O–H groups in total. The van der Waals surface area contributed by atoms with E-state index in [0.717, 1.165) is 49.7 Å². The molecule has 0 saturated carbocycles. The first kappa shape index (κ1) is 19.5. The lowest BCUT2D eigenvalue weighted by Crippen LogP contribution is -1.99. The van der Waals surface area contributed by atoms with Gasteiger partial charge in [-0.25, -0.2) is 15.0 Å². The molecule has 3 aromatic heterocycles. The summed E-state index contributed by atoms with van der Waals surface area (Å²) in [7, 11) is 0. The van der Waals surface area contributed by atoms with E-state index in [1.54, 1.807) is 12.6 Å². The smallest absolute Gasteiger partial charge is 0.116 e. The molecular formula is C26H21N5O. The Bertz CT molecular complexity index is 1460. The van der Waals surface area contributed by atoms with E-state index < -0.39 is 0 Å². The second-order valence-electron chi connectivity index (χ2n) is 7.45. The van der Waals surface area contributed by atoms with Gasteiger partial charge in [0.05, 0.1) is 28.5 Å². The summed E-state index contributed by atoms with van der Waals surface area (Å²) >= 11 is 0. The van der Waals surface area contributed by atoms with Crippen molar-refractivity contribution in [2.45, 2.75) is 6.42 Å². The summed E-state index contributed by atoms with van der Waals surface area (Å²) in [5.74, 6) is 0.874. The molecule has 6 nitrogen and oxygen atoms in total. The minimum absolute atomic E-state index is 0.638. The predicted molar refractivity (Wildman–Crippen MR) is 129 cm³/mol. The van der Waals surface area contributed by atoms with Gasteiger partial charge in [-0.1, -0.05) is 36.4 Å². The number of nitrogen functional groups attached to an aromatic ring is 2. The van der Waals surface area contributed by atoms with Crippen molar-refractivity contribution >= 4 is 44.1 Å². The summed E-state index contributed by atoms with van der Waals surface area (Å²) in [5, 5.41) is 3.00. The number of fused-ring (bicyclic) bond motifs is 3. The number of hydrogen-bond acceptors (Lipinski definition) is 6. The third-order valence-corrected chi connectivity index (χ3v) is 5.28. The number of benzene rings is 3. The van der Waals surface area contributed by atoms with Crippen LogP contribution in [-0.4, -0.2) is 15.0 Å². The van der Waals surface area contributed by atoms with Gasteiger partial charge in [-0.15, -0.1) is 0 Å². The van der Waals surface area contributed by atoms with E-state index in [-0.39, 0.29) is 0 Å². The topological polar surface area (TPSA) is 104 Å². The zero-order valence-electron chi connectivity index (χ0n) is 17.3. The molecule has 0 spiro atoms. The lowest BCUT2D eigenvalue weighted by atomic mass is 9.99. The van der Waals surface area contributed by atoms with Crippen LogP contribution in [0.15, 0.2) is 96.0 Å². The van der Waals surface area contributed by atoms with Gasteiger partial charge in [0, 0.05) is 34.5 Å². The van der Waals surface area contributed by atoms with Crippen LogP contribution >= 0.6 is 0 Å². The minimum Gasteiger partial charge on any atom is -0.469 e. The molecule has 32 heavy (non-hydrogen) atoms. The maximum atomic E-state index is 6.42. The largest absolute Gasteiger partial charge is 0.469 e. The van der Waals surface area contributed by atoms with Crippen molar-refractivity contribution in [3.8, 4) is 0 Å². The van der Waals surface area contributed by atoms with Gasteiger partial charge in [-0.05, 0) is 42.0 Å². The van der Waals surface area contributed by atoms with E-state index in [1.807, 2.05) is 79.0 Å². The molecule has 6 aromatic rings. The maximum Gasteiger partial charge on any atom is 0.116 e. The highest BCUT2D eigenvalue weighted by Crippen LogP contribution is 2.33. The number of furan rings is 1. The number of aromatic nitrogens is 3. The van der Waals surface area contributed by atoms with Crippen molar-refractivity contribution in [2.24, 2.45) is 0 Å². The molecular weight excluding hydrogens is 398 g/mol. The van der Waals surface area contributed by atoms with Crippen LogP contribution in [-0.2, 0) is 6.42 Å². The fourth-order valence-corrected chi connectivity index (χ4v) is 3.84. The lowest BCUT2D eigenvalue weighted by molar-refractivity contribution is 0.521. The molecule has 3 aromatic carbocycles. The summed E-state index contributed by atoms with van der Waals surface area (Å²) in [6.45, 7) is 0. The standard InChI is InChI=1S/C18H15N3O.C8H6N2/c19-12-8-11(9-13-4-3-7-22-13)17-16(10-12)21-15-6-2-1-5-14(15)18(17)20;1-2-4-8-7(3-1)5-9-6-10-8/h1-8,10H,9,19H2,(H2,20,21);1-6H. The van der Waals surface area contributed by atoms with Crippen LogP contribution in [0.25, 0.3) is 32.7 Å². The molecule has 156 valence electrons. The zero-order valence-corrected chi connectivity index (χ0v) is 17.3. The van der Waals surface area contributed by atoms with E-state index in [1.165, 1.54) is 0 Å². The van der Waals surface area contributed by atoms with Gasteiger partial charge in [0.25, 0.3) is 0 Å². The van der Waals surface area contributed by atoms with Crippen molar-refractivity contribution in [2.75, 3.05) is 11.5 Å². The van der Waals surface area contributed by atoms with Gasteiger partial charge in [0.1, 0.15) is 12.1 Å². The molecule has 0 aliphatic heterocycles. The Morgan fingerprint density at radius 3 is 2.44 bits per heavy atom. The highest BCUT2D eigenvalue weighted by Gasteiger charge is 2.12.